The molecule has 33 heavy (non-hydrogen) atoms. The Kier molecular flexibility index (Phi) is 6.24. The number of hydrogen-bond acceptors (Lipinski definition) is 9. The first-order chi connectivity index (χ1) is 16.1. The van der Waals surface area contributed by atoms with Crippen LogP contribution in [-0.4, -0.2) is 58.4 Å². The van der Waals surface area contributed by atoms with E-state index in [-0.39, 0.29) is 18.5 Å². The summed E-state index contributed by atoms with van der Waals surface area (Å²) in [4.78, 5) is 22.5. The average Bonchev–Trinajstić information content (AvgIpc) is 3.43. The van der Waals surface area contributed by atoms with Crippen LogP contribution in [0.2, 0.25) is 0 Å². The highest BCUT2D eigenvalue weighted by molar-refractivity contribution is 5.75. The molecule has 12 nitrogen and oxygen atoms in total. The summed E-state index contributed by atoms with van der Waals surface area (Å²) in [5, 5.41) is 29.0. The number of hydrogen-bond donors (Lipinski definition) is 4. The third-order valence-electron chi connectivity index (χ3n) is 6.06. The maximum Gasteiger partial charge on any atom is 0.243 e. The van der Waals surface area contributed by atoms with E-state index >= 15 is 0 Å². The number of aryl methyl sites for hydroxylation is 1. The van der Waals surface area contributed by atoms with Crippen molar-refractivity contribution in [2.75, 3.05) is 5.32 Å². The number of carbonyl (C=O) groups is 1. The minimum Gasteiger partial charge on any atom is -0.352 e. The summed E-state index contributed by atoms with van der Waals surface area (Å²) in [7, 11) is 0. The quantitative estimate of drug-likeness (QED) is 0.377. The van der Waals surface area contributed by atoms with Gasteiger partial charge in [-0.05, 0) is 56.7 Å². The Bertz CT molecular complexity index is 1080. The normalized spacial score (nSPS) is 20.5. The first kappa shape index (κ1) is 21.4. The van der Waals surface area contributed by atoms with Crippen molar-refractivity contribution < 1.29 is 4.79 Å². The van der Waals surface area contributed by atoms with Crippen LogP contribution in [0.25, 0.3) is 0 Å². The highest BCUT2D eigenvalue weighted by Crippen LogP contribution is 2.39. The molecule has 4 N–H and O–H groups in total. The number of anilines is 2. The minimum atomic E-state index is -0.0808. The Balaban J connectivity index is 1.04. The molecule has 3 aromatic rings. The van der Waals surface area contributed by atoms with Crippen molar-refractivity contribution in [1.29, 1.82) is 0 Å². The Morgan fingerprint density at radius 3 is 2.73 bits per heavy atom. The topological polar surface area (TPSA) is 151 Å². The molecular formula is C21H29N11O. The molecule has 1 amide bonds. The third-order valence-corrected chi connectivity index (χ3v) is 6.06. The Morgan fingerprint density at radius 1 is 1.15 bits per heavy atom. The minimum absolute atomic E-state index is 0.0808. The molecule has 2 aliphatic carbocycles. The van der Waals surface area contributed by atoms with Gasteiger partial charge in [0.15, 0.2) is 11.6 Å². The lowest BCUT2D eigenvalue weighted by molar-refractivity contribution is -0.123. The van der Waals surface area contributed by atoms with Gasteiger partial charge in [-0.3, -0.25) is 9.89 Å². The Hall–Kier alpha value is -3.41. The van der Waals surface area contributed by atoms with Gasteiger partial charge >= 0.3 is 0 Å². The van der Waals surface area contributed by atoms with E-state index in [2.05, 4.69) is 57.6 Å². The molecule has 0 aliphatic heterocycles. The number of carbonyl (C=O) groups excluding carboxylic acids is 1. The molecule has 0 aromatic carbocycles. The zero-order valence-electron chi connectivity index (χ0n) is 18.7. The molecule has 0 bridgehead atoms. The lowest BCUT2D eigenvalue weighted by atomic mass is 9.91. The molecule has 0 radical (unpaired) electrons. The van der Waals surface area contributed by atoms with Crippen LogP contribution in [0.3, 0.4) is 0 Å². The van der Waals surface area contributed by atoms with Crippen LogP contribution in [0, 0.1) is 6.92 Å². The number of rotatable bonds is 9. The van der Waals surface area contributed by atoms with Crippen molar-refractivity contribution in [3.05, 3.63) is 35.7 Å². The first-order valence-corrected chi connectivity index (χ1v) is 11.5. The van der Waals surface area contributed by atoms with E-state index in [1.54, 1.807) is 13.1 Å². The molecule has 2 saturated carbocycles. The van der Waals surface area contributed by atoms with Crippen LogP contribution in [0.15, 0.2) is 18.3 Å². The van der Waals surface area contributed by atoms with Crippen LogP contribution in [-0.2, 0) is 17.9 Å². The van der Waals surface area contributed by atoms with Crippen molar-refractivity contribution >= 4 is 17.5 Å². The molecule has 3 heterocycles. The van der Waals surface area contributed by atoms with Gasteiger partial charge in [0.1, 0.15) is 18.2 Å². The molecule has 0 spiro atoms. The zero-order valence-corrected chi connectivity index (χ0v) is 18.7. The number of amides is 1. The smallest absolute Gasteiger partial charge is 0.243 e. The molecule has 174 valence electrons. The fourth-order valence-corrected chi connectivity index (χ4v) is 4.16. The standard InChI is InChI=1S/C21H29N11O/c1-13-27-31-32(30-13)12-21(33)24-16-6-4-15(5-7-16)23-11-20-22-9-8-18(26-20)25-19-10-17(28-29-19)14-2-3-14/h8-10,14-16,23H,2-7,11-12H2,1H3,(H,24,33)(H2,22,25,26,28,29). The van der Waals surface area contributed by atoms with E-state index in [1.165, 1.54) is 23.3 Å². The van der Waals surface area contributed by atoms with Crippen molar-refractivity contribution in [1.82, 2.24) is 51.0 Å². The second-order valence-corrected chi connectivity index (χ2v) is 8.83. The van der Waals surface area contributed by atoms with E-state index < -0.39 is 0 Å². The first-order valence-electron chi connectivity index (χ1n) is 11.5. The number of H-pyrrole nitrogens is 1. The zero-order chi connectivity index (χ0) is 22.6. The van der Waals surface area contributed by atoms with Crippen molar-refractivity contribution in [2.45, 2.75) is 76.5 Å². The highest BCUT2D eigenvalue weighted by atomic mass is 16.2. The summed E-state index contributed by atoms with van der Waals surface area (Å²) in [5.41, 5.74) is 1.19. The van der Waals surface area contributed by atoms with Gasteiger partial charge in [-0.15, -0.1) is 10.2 Å². The number of aromatic amines is 1. The van der Waals surface area contributed by atoms with Crippen LogP contribution >= 0.6 is 0 Å². The van der Waals surface area contributed by atoms with Crippen molar-refractivity contribution in [3.8, 4) is 0 Å². The predicted octanol–water partition coefficient (Wildman–Crippen LogP) is 1.33. The van der Waals surface area contributed by atoms with Crippen LogP contribution in [0.4, 0.5) is 11.6 Å². The summed E-state index contributed by atoms with van der Waals surface area (Å²) in [5.74, 6) is 3.37. The van der Waals surface area contributed by atoms with Gasteiger partial charge in [0.25, 0.3) is 0 Å². The highest BCUT2D eigenvalue weighted by Gasteiger charge is 2.25. The third kappa shape index (κ3) is 5.89. The summed E-state index contributed by atoms with van der Waals surface area (Å²) >= 11 is 0. The van der Waals surface area contributed by atoms with Gasteiger partial charge in [-0.1, -0.05) is 0 Å². The molecule has 5 rings (SSSR count). The van der Waals surface area contributed by atoms with E-state index in [0.29, 0.717) is 24.3 Å². The lowest BCUT2D eigenvalue weighted by Crippen LogP contribution is -2.43. The largest absolute Gasteiger partial charge is 0.352 e. The van der Waals surface area contributed by atoms with Gasteiger partial charge in [-0.25, -0.2) is 9.97 Å². The summed E-state index contributed by atoms with van der Waals surface area (Å²) in [6.45, 7) is 2.44. The van der Waals surface area contributed by atoms with E-state index in [4.69, 9.17) is 0 Å². The van der Waals surface area contributed by atoms with Gasteiger partial charge in [0.05, 0.1) is 6.54 Å². The Morgan fingerprint density at radius 2 is 1.97 bits per heavy atom. The molecule has 0 atom stereocenters. The van der Waals surface area contributed by atoms with Crippen LogP contribution < -0.4 is 16.0 Å². The summed E-state index contributed by atoms with van der Waals surface area (Å²) in [6, 6.07) is 4.46. The fraction of sp³-hybridized carbons (Fsp3) is 0.571. The molecular weight excluding hydrogens is 422 g/mol. The van der Waals surface area contributed by atoms with Gasteiger partial charge in [0.2, 0.25) is 5.91 Å². The van der Waals surface area contributed by atoms with Gasteiger partial charge in [0, 0.05) is 36.0 Å². The van der Waals surface area contributed by atoms with Crippen LogP contribution in [0.1, 0.15) is 61.8 Å². The fourth-order valence-electron chi connectivity index (χ4n) is 4.16. The predicted molar refractivity (Wildman–Crippen MR) is 119 cm³/mol. The Labute approximate surface area is 191 Å². The monoisotopic (exact) mass is 451 g/mol. The average molecular weight is 452 g/mol. The van der Waals surface area contributed by atoms with Crippen molar-refractivity contribution in [3.63, 3.8) is 0 Å². The van der Waals surface area contributed by atoms with Gasteiger partial charge in [-0.2, -0.15) is 9.90 Å². The van der Waals surface area contributed by atoms with Crippen molar-refractivity contribution in [2.24, 2.45) is 0 Å². The second kappa shape index (κ2) is 9.61. The number of nitrogens with zero attached hydrogens (tertiary/aromatic N) is 7. The maximum absolute atomic E-state index is 12.2. The molecule has 3 aromatic heterocycles. The molecule has 2 aliphatic rings. The molecule has 0 saturated heterocycles. The summed E-state index contributed by atoms with van der Waals surface area (Å²) in [6.07, 6.45) is 8.06. The maximum atomic E-state index is 12.2. The summed E-state index contributed by atoms with van der Waals surface area (Å²) < 4.78 is 0. The molecule has 12 heteroatoms. The van der Waals surface area contributed by atoms with Gasteiger partial charge < -0.3 is 16.0 Å². The SMILES string of the molecule is Cc1nnn(CC(=O)NC2CCC(NCc3nccc(Nc4cc(C5CC5)[nH]n4)n3)CC2)n1. The molecule has 2 fully saturated rings. The second-order valence-electron chi connectivity index (χ2n) is 8.83. The van der Waals surface area contributed by atoms with E-state index in [1.807, 2.05) is 6.07 Å². The number of aromatic nitrogens is 8. The lowest BCUT2D eigenvalue weighted by Gasteiger charge is -2.29. The molecule has 0 unspecified atom stereocenters. The van der Waals surface area contributed by atoms with E-state index in [0.717, 1.165) is 43.1 Å². The van der Waals surface area contributed by atoms with E-state index in [9.17, 15) is 4.79 Å². The van der Waals surface area contributed by atoms with Crippen LogP contribution in [0.5, 0.6) is 0 Å². The number of tetrazole rings is 1. The number of nitrogens with one attached hydrogen (secondary N) is 4.